The minimum absolute atomic E-state index is 0.00207. The highest BCUT2D eigenvalue weighted by atomic mass is 16.5. The Labute approximate surface area is 144 Å². The van der Waals surface area contributed by atoms with Crippen LogP contribution in [0.5, 0.6) is 0 Å². The number of nitrogens with zero attached hydrogens (tertiary/aromatic N) is 3. The first kappa shape index (κ1) is 17.1. The first-order chi connectivity index (χ1) is 12.0. The van der Waals surface area contributed by atoms with Crippen LogP contribution in [-0.4, -0.2) is 45.7 Å². The van der Waals surface area contributed by atoms with Crippen LogP contribution in [0.2, 0.25) is 0 Å². The number of carboxylic acid groups (broad SMARTS) is 1. The van der Waals surface area contributed by atoms with Crippen LogP contribution in [0.15, 0.2) is 30.5 Å². The molecule has 2 N–H and O–H groups in total. The molecule has 1 saturated carbocycles. The second-order valence-corrected chi connectivity index (χ2v) is 6.23. The van der Waals surface area contributed by atoms with Crippen LogP contribution in [0.25, 0.3) is 5.69 Å². The molecule has 1 aromatic heterocycles. The number of aromatic carboxylic acids is 1. The van der Waals surface area contributed by atoms with Crippen molar-refractivity contribution in [3.05, 3.63) is 36.2 Å². The van der Waals surface area contributed by atoms with E-state index in [1.165, 1.54) is 10.9 Å². The van der Waals surface area contributed by atoms with Gasteiger partial charge in [0, 0.05) is 19.4 Å². The lowest BCUT2D eigenvalue weighted by Gasteiger charge is -2.40. The van der Waals surface area contributed by atoms with Crippen molar-refractivity contribution in [3.8, 4) is 5.69 Å². The van der Waals surface area contributed by atoms with Crippen molar-refractivity contribution in [3.63, 3.8) is 0 Å². The van der Waals surface area contributed by atoms with E-state index in [9.17, 15) is 9.59 Å². The molecule has 0 unspecified atom stereocenters. The van der Waals surface area contributed by atoms with Crippen LogP contribution in [0, 0.1) is 5.41 Å². The zero-order valence-electron chi connectivity index (χ0n) is 13.9. The fourth-order valence-corrected chi connectivity index (χ4v) is 2.97. The molecule has 0 aliphatic heterocycles. The highest BCUT2D eigenvalue weighted by Crippen LogP contribution is 2.44. The summed E-state index contributed by atoms with van der Waals surface area (Å²) in [6.45, 7) is 0.560. The lowest BCUT2D eigenvalue weighted by Crippen LogP contribution is -2.42. The van der Waals surface area contributed by atoms with E-state index < -0.39 is 5.97 Å². The average Bonchev–Trinajstić information content (AvgIpc) is 3.04. The molecule has 1 aliphatic rings. The molecule has 1 heterocycles. The van der Waals surface area contributed by atoms with E-state index in [1.54, 1.807) is 31.4 Å². The number of hydrogen-bond donors (Lipinski definition) is 2. The maximum atomic E-state index is 12.7. The van der Waals surface area contributed by atoms with Gasteiger partial charge in [-0.05, 0) is 37.5 Å². The SMILES string of the molecule is COCCC1(C(=O)Nc2cccc(-n3cc(C(=O)O)nn3)c2)CCC1. The Bertz CT molecular complexity index is 782. The predicted molar refractivity (Wildman–Crippen MR) is 89.7 cm³/mol. The largest absolute Gasteiger partial charge is 0.476 e. The number of nitrogens with one attached hydrogen (secondary N) is 1. The summed E-state index contributed by atoms with van der Waals surface area (Å²) >= 11 is 0. The maximum absolute atomic E-state index is 12.7. The predicted octanol–water partition coefficient (Wildman–Crippen LogP) is 2.11. The van der Waals surface area contributed by atoms with Gasteiger partial charge in [0.25, 0.3) is 0 Å². The fraction of sp³-hybridized carbons (Fsp3) is 0.412. The van der Waals surface area contributed by atoms with Gasteiger partial charge in [0.05, 0.1) is 17.3 Å². The van der Waals surface area contributed by atoms with E-state index in [4.69, 9.17) is 9.84 Å². The van der Waals surface area contributed by atoms with Crippen molar-refractivity contribution >= 4 is 17.6 Å². The summed E-state index contributed by atoms with van der Waals surface area (Å²) < 4.78 is 6.49. The highest BCUT2D eigenvalue weighted by Gasteiger charge is 2.43. The molecule has 0 spiro atoms. The molecule has 0 bridgehead atoms. The smallest absolute Gasteiger partial charge is 0.358 e. The average molecular weight is 344 g/mol. The van der Waals surface area contributed by atoms with Crippen LogP contribution < -0.4 is 5.32 Å². The van der Waals surface area contributed by atoms with Gasteiger partial charge in [-0.15, -0.1) is 5.10 Å². The fourth-order valence-electron chi connectivity index (χ4n) is 2.97. The summed E-state index contributed by atoms with van der Waals surface area (Å²) in [4.78, 5) is 23.6. The topological polar surface area (TPSA) is 106 Å². The second-order valence-electron chi connectivity index (χ2n) is 6.23. The number of aromatic nitrogens is 3. The Morgan fingerprint density at radius 1 is 1.40 bits per heavy atom. The summed E-state index contributed by atoms with van der Waals surface area (Å²) in [5.41, 5.74) is 0.772. The number of methoxy groups -OCH3 is 1. The van der Waals surface area contributed by atoms with Gasteiger partial charge >= 0.3 is 5.97 Å². The summed E-state index contributed by atoms with van der Waals surface area (Å²) in [7, 11) is 1.64. The Hall–Kier alpha value is -2.74. The molecule has 132 valence electrons. The monoisotopic (exact) mass is 344 g/mol. The highest BCUT2D eigenvalue weighted by molar-refractivity contribution is 5.96. The molecule has 0 saturated heterocycles. The van der Waals surface area contributed by atoms with Crippen LogP contribution in [0.3, 0.4) is 0 Å². The van der Waals surface area contributed by atoms with E-state index in [0.29, 0.717) is 24.4 Å². The van der Waals surface area contributed by atoms with Crippen LogP contribution in [0.1, 0.15) is 36.2 Å². The molecule has 0 atom stereocenters. The van der Waals surface area contributed by atoms with Crippen molar-refractivity contribution in [1.29, 1.82) is 0 Å². The van der Waals surface area contributed by atoms with Gasteiger partial charge in [0.15, 0.2) is 5.69 Å². The number of anilines is 1. The quantitative estimate of drug-likeness (QED) is 0.797. The summed E-state index contributed by atoms with van der Waals surface area (Å²) in [5, 5.41) is 19.3. The Balaban J connectivity index is 1.75. The Morgan fingerprint density at radius 3 is 2.80 bits per heavy atom. The summed E-state index contributed by atoms with van der Waals surface area (Å²) in [5.74, 6) is -1.14. The van der Waals surface area contributed by atoms with E-state index in [-0.39, 0.29) is 17.0 Å². The number of amides is 1. The van der Waals surface area contributed by atoms with Crippen molar-refractivity contribution in [1.82, 2.24) is 15.0 Å². The van der Waals surface area contributed by atoms with Crippen molar-refractivity contribution in [2.24, 2.45) is 5.41 Å². The third kappa shape index (κ3) is 3.53. The van der Waals surface area contributed by atoms with Crippen molar-refractivity contribution < 1.29 is 19.4 Å². The molecule has 8 heteroatoms. The van der Waals surface area contributed by atoms with Gasteiger partial charge in [0.2, 0.25) is 5.91 Å². The molecule has 1 amide bonds. The van der Waals surface area contributed by atoms with Gasteiger partial charge in [-0.3, -0.25) is 4.79 Å². The zero-order chi connectivity index (χ0) is 17.9. The molecule has 0 radical (unpaired) electrons. The first-order valence-electron chi connectivity index (χ1n) is 8.10. The maximum Gasteiger partial charge on any atom is 0.358 e. The molecule has 1 fully saturated rings. The molecule has 3 rings (SSSR count). The van der Waals surface area contributed by atoms with Gasteiger partial charge in [-0.1, -0.05) is 17.7 Å². The zero-order valence-corrected chi connectivity index (χ0v) is 13.9. The molecule has 2 aromatic rings. The van der Waals surface area contributed by atoms with Crippen LogP contribution in [-0.2, 0) is 9.53 Å². The van der Waals surface area contributed by atoms with E-state index in [2.05, 4.69) is 15.6 Å². The molecular weight excluding hydrogens is 324 g/mol. The van der Waals surface area contributed by atoms with Crippen molar-refractivity contribution in [2.75, 3.05) is 19.0 Å². The van der Waals surface area contributed by atoms with Crippen LogP contribution >= 0.6 is 0 Å². The van der Waals surface area contributed by atoms with E-state index >= 15 is 0 Å². The lowest BCUT2D eigenvalue weighted by molar-refractivity contribution is -0.131. The lowest BCUT2D eigenvalue weighted by atomic mass is 9.66. The third-order valence-corrected chi connectivity index (χ3v) is 4.66. The third-order valence-electron chi connectivity index (χ3n) is 4.66. The van der Waals surface area contributed by atoms with Crippen LogP contribution in [0.4, 0.5) is 5.69 Å². The minimum atomic E-state index is -1.14. The molecule has 1 aromatic carbocycles. The summed E-state index contributed by atoms with van der Waals surface area (Å²) in [6, 6.07) is 7.07. The standard InChI is InChI=1S/C17H20N4O4/c1-25-9-8-17(6-3-7-17)16(24)18-12-4-2-5-13(10-12)21-11-14(15(22)23)19-20-21/h2,4-5,10-11H,3,6-9H2,1H3,(H,18,24)(H,22,23). The Kier molecular flexibility index (Phi) is 4.80. The van der Waals surface area contributed by atoms with Gasteiger partial charge < -0.3 is 15.2 Å². The van der Waals surface area contributed by atoms with E-state index in [0.717, 1.165) is 19.3 Å². The first-order valence-corrected chi connectivity index (χ1v) is 8.10. The van der Waals surface area contributed by atoms with Gasteiger partial charge in [-0.2, -0.15) is 0 Å². The molecule has 8 nitrogen and oxygen atoms in total. The number of ether oxygens (including phenoxy) is 1. The second kappa shape index (κ2) is 7.02. The molecule has 25 heavy (non-hydrogen) atoms. The minimum Gasteiger partial charge on any atom is -0.476 e. The van der Waals surface area contributed by atoms with Gasteiger partial charge in [0.1, 0.15) is 0 Å². The number of carbonyl (C=O) groups excluding carboxylic acids is 1. The number of carbonyl (C=O) groups is 2. The summed E-state index contributed by atoms with van der Waals surface area (Å²) in [6.07, 6.45) is 4.82. The number of rotatable bonds is 7. The molecule has 1 aliphatic carbocycles. The number of hydrogen-bond acceptors (Lipinski definition) is 5. The van der Waals surface area contributed by atoms with Crippen molar-refractivity contribution in [2.45, 2.75) is 25.7 Å². The van der Waals surface area contributed by atoms with E-state index in [1.807, 2.05) is 0 Å². The number of carboxylic acids is 1. The molecular formula is C17H20N4O4. The normalized spacial score (nSPS) is 15.4. The Morgan fingerprint density at radius 2 is 2.20 bits per heavy atom. The van der Waals surface area contributed by atoms with Gasteiger partial charge in [-0.25, -0.2) is 9.48 Å². The number of benzene rings is 1.